The summed E-state index contributed by atoms with van der Waals surface area (Å²) < 4.78 is 2.94. The molecule has 84 valence electrons. The van der Waals surface area contributed by atoms with Crippen molar-refractivity contribution >= 4 is 0 Å². The predicted molar refractivity (Wildman–Crippen MR) is 62.5 cm³/mol. The molecule has 0 unspecified atom stereocenters. The van der Waals surface area contributed by atoms with E-state index in [0.717, 1.165) is 5.56 Å². The van der Waals surface area contributed by atoms with E-state index in [4.69, 9.17) is 0 Å². The van der Waals surface area contributed by atoms with Gasteiger partial charge < -0.3 is 0 Å². The van der Waals surface area contributed by atoms with Crippen LogP contribution in [0.5, 0.6) is 0 Å². The second-order valence-corrected chi connectivity index (χ2v) is 4.18. The minimum Gasteiger partial charge on any atom is -0.285 e. The molecule has 1 aromatic heterocycles. The summed E-state index contributed by atoms with van der Waals surface area (Å²) in [4.78, 5) is 11.6. The van der Waals surface area contributed by atoms with E-state index >= 15 is 0 Å². The molecule has 0 N–H and O–H groups in total. The minimum absolute atomic E-state index is 0.0841. The van der Waals surface area contributed by atoms with Gasteiger partial charge in [-0.1, -0.05) is 29.3 Å². The van der Waals surface area contributed by atoms with Gasteiger partial charge in [0.05, 0.1) is 6.54 Å². The van der Waals surface area contributed by atoms with Crippen LogP contribution in [0.25, 0.3) is 0 Å². The maximum atomic E-state index is 11.6. The van der Waals surface area contributed by atoms with Crippen LogP contribution in [-0.2, 0) is 13.6 Å². The van der Waals surface area contributed by atoms with Crippen molar-refractivity contribution in [1.82, 2.24) is 14.3 Å². The summed E-state index contributed by atoms with van der Waals surface area (Å²) in [6, 6.07) is 6.27. The third kappa shape index (κ3) is 2.05. The maximum Gasteiger partial charge on any atom is 0.345 e. The van der Waals surface area contributed by atoms with Crippen LogP contribution in [0.1, 0.15) is 16.7 Å². The van der Waals surface area contributed by atoms with Crippen molar-refractivity contribution in [2.45, 2.75) is 20.4 Å². The van der Waals surface area contributed by atoms with Crippen LogP contribution in [0.4, 0.5) is 0 Å². The van der Waals surface area contributed by atoms with E-state index in [0.29, 0.717) is 6.54 Å². The van der Waals surface area contributed by atoms with Crippen LogP contribution in [0.15, 0.2) is 29.3 Å². The van der Waals surface area contributed by atoms with Gasteiger partial charge >= 0.3 is 5.69 Å². The van der Waals surface area contributed by atoms with E-state index in [2.05, 4.69) is 37.1 Å². The Labute approximate surface area is 94.1 Å². The molecule has 0 bridgehead atoms. The summed E-state index contributed by atoms with van der Waals surface area (Å²) in [5.74, 6) is 0. The first-order chi connectivity index (χ1) is 7.56. The molecule has 0 amide bonds. The van der Waals surface area contributed by atoms with Gasteiger partial charge in [-0.05, 0) is 19.4 Å². The summed E-state index contributed by atoms with van der Waals surface area (Å²) in [5.41, 5.74) is 3.44. The van der Waals surface area contributed by atoms with Gasteiger partial charge in [0.15, 0.2) is 0 Å². The van der Waals surface area contributed by atoms with Gasteiger partial charge in [0, 0.05) is 7.05 Å². The van der Waals surface area contributed by atoms with Crippen LogP contribution < -0.4 is 5.69 Å². The molecular formula is C12H15N3O. The summed E-state index contributed by atoms with van der Waals surface area (Å²) in [6.45, 7) is 4.64. The normalized spacial score (nSPS) is 10.7. The topological polar surface area (TPSA) is 39.8 Å². The molecule has 2 aromatic rings. The van der Waals surface area contributed by atoms with Crippen LogP contribution in [0.3, 0.4) is 0 Å². The van der Waals surface area contributed by atoms with Crippen molar-refractivity contribution in [3.8, 4) is 0 Å². The fourth-order valence-electron chi connectivity index (χ4n) is 1.86. The summed E-state index contributed by atoms with van der Waals surface area (Å²) in [5, 5.41) is 4.04. The summed E-state index contributed by atoms with van der Waals surface area (Å²) in [7, 11) is 1.70. The lowest BCUT2D eigenvalue weighted by Gasteiger charge is -2.04. The Bertz CT molecular complexity index is 546. The van der Waals surface area contributed by atoms with Crippen LogP contribution >= 0.6 is 0 Å². The number of hydrogen-bond donors (Lipinski definition) is 0. The molecule has 0 spiro atoms. The lowest BCUT2D eigenvalue weighted by molar-refractivity contribution is 0.646. The average Bonchev–Trinajstić information content (AvgIpc) is 2.48. The van der Waals surface area contributed by atoms with E-state index in [9.17, 15) is 4.79 Å². The van der Waals surface area contributed by atoms with Crippen molar-refractivity contribution < 1.29 is 0 Å². The molecule has 0 radical (unpaired) electrons. The Morgan fingerprint density at radius 1 is 1.19 bits per heavy atom. The number of aromatic nitrogens is 3. The minimum atomic E-state index is -0.0841. The SMILES string of the molecule is Cc1cc(C)cc(Cn2ncn(C)c2=O)c1. The number of hydrogen-bond acceptors (Lipinski definition) is 2. The smallest absolute Gasteiger partial charge is 0.285 e. The molecule has 0 atom stereocenters. The lowest BCUT2D eigenvalue weighted by Crippen LogP contribution is -2.23. The van der Waals surface area contributed by atoms with Crippen molar-refractivity contribution in [3.63, 3.8) is 0 Å². The Morgan fingerprint density at radius 3 is 2.31 bits per heavy atom. The van der Waals surface area contributed by atoms with Gasteiger partial charge in [0.25, 0.3) is 0 Å². The van der Waals surface area contributed by atoms with Crippen LogP contribution in [-0.4, -0.2) is 14.3 Å². The zero-order valence-corrected chi connectivity index (χ0v) is 9.77. The van der Waals surface area contributed by atoms with E-state index in [1.807, 2.05) is 0 Å². The van der Waals surface area contributed by atoms with Gasteiger partial charge in [0.1, 0.15) is 6.33 Å². The van der Waals surface area contributed by atoms with E-state index in [1.165, 1.54) is 26.7 Å². The monoisotopic (exact) mass is 217 g/mol. The first-order valence-corrected chi connectivity index (χ1v) is 5.22. The Balaban J connectivity index is 2.34. The number of aryl methyl sites for hydroxylation is 3. The zero-order chi connectivity index (χ0) is 11.7. The van der Waals surface area contributed by atoms with E-state index in [-0.39, 0.29) is 5.69 Å². The molecule has 1 aromatic carbocycles. The van der Waals surface area contributed by atoms with Gasteiger partial charge in [-0.3, -0.25) is 4.57 Å². The van der Waals surface area contributed by atoms with Crippen LogP contribution in [0, 0.1) is 13.8 Å². The van der Waals surface area contributed by atoms with Gasteiger partial charge in [-0.25, -0.2) is 9.48 Å². The van der Waals surface area contributed by atoms with Gasteiger partial charge in [-0.15, -0.1) is 0 Å². The lowest BCUT2D eigenvalue weighted by atomic mass is 10.1. The van der Waals surface area contributed by atoms with Crippen molar-refractivity contribution in [1.29, 1.82) is 0 Å². The molecule has 1 heterocycles. The highest BCUT2D eigenvalue weighted by molar-refractivity contribution is 5.28. The number of rotatable bonds is 2. The molecule has 0 aliphatic rings. The second kappa shape index (κ2) is 3.96. The zero-order valence-electron chi connectivity index (χ0n) is 9.77. The molecule has 0 fully saturated rings. The highest BCUT2D eigenvalue weighted by atomic mass is 16.2. The van der Waals surface area contributed by atoms with Crippen molar-refractivity contribution in [2.24, 2.45) is 7.05 Å². The summed E-state index contributed by atoms with van der Waals surface area (Å²) in [6.07, 6.45) is 1.53. The maximum absolute atomic E-state index is 11.6. The first-order valence-electron chi connectivity index (χ1n) is 5.22. The molecule has 0 aliphatic carbocycles. The number of benzene rings is 1. The first kappa shape index (κ1) is 10.7. The highest BCUT2D eigenvalue weighted by Crippen LogP contribution is 2.09. The Morgan fingerprint density at radius 2 is 1.81 bits per heavy atom. The third-order valence-electron chi connectivity index (χ3n) is 2.50. The fraction of sp³-hybridized carbons (Fsp3) is 0.333. The third-order valence-corrected chi connectivity index (χ3v) is 2.50. The van der Waals surface area contributed by atoms with E-state index in [1.54, 1.807) is 7.05 Å². The molecule has 4 nitrogen and oxygen atoms in total. The molecule has 16 heavy (non-hydrogen) atoms. The second-order valence-electron chi connectivity index (χ2n) is 4.18. The Hall–Kier alpha value is -1.84. The molecule has 0 saturated carbocycles. The number of nitrogens with zero attached hydrogens (tertiary/aromatic N) is 3. The molecule has 0 saturated heterocycles. The van der Waals surface area contributed by atoms with Crippen molar-refractivity contribution in [3.05, 3.63) is 51.7 Å². The fourth-order valence-corrected chi connectivity index (χ4v) is 1.86. The predicted octanol–water partition coefficient (Wildman–Crippen LogP) is 1.25. The summed E-state index contributed by atoms with van der Waals surface area (Å²) >= 11 is 0. The molecular weight excluding hydrogens is 202 g/mol. The largest absolute Gasteiger partial charge is 0.345 e. The quantitative estimate of drug-likeness (QED) is 0.759. The average molecular weight is 217 g/mol. The van der Waals surface area contributed by atoms with Gasteiger partial charge in [-0.2, -0.15) is 5.10 Å². The van der Waals surface area contributed by atoms with Gasteiger partial charge in [0.2, 0.25) is 0 Å². The van der Waals surface area contributed by atoms with Crippen molar-refractivity contribution in [2.75, 3.05) is 0 Å². The van der Waals surface area contributed by atoms with E-state index < -0.39 is 0 Å². The molecule has 2 rings (SSSR count). The molecule has 4 heteroatoms. The Kier molecular flexibility index (Phi) is 2.64. The van der Waals surface area contributed by atoms with Crippen LogP contribution in [0.2, 0.25) is 0 Å². The molecule has 0 aliphatic heterocycles. The standard InChI is InChI=1S/C12H15N3O/c1-9-4-10(2)6-11(5-9)7-15-12(16)14(3)8-13-15/h4-6,8H,7H2,1-3H3. The highest BCUT2D eigenvalue weighted by Gasteiger charge is 2.03.